The molecule has 0 radical (unpaired) electrons. The summed E-state index contributed by atoms with van der Waals surface area (Å²) in [7, 11) is 0. The van der Waals surface area contributed by atoms with Gasteiger partial charge in [0.05, 0.1) is 28.8 Å². The van der Waals surface area contributed by atoms with Gasteiger partial charge in [0, 0.05) is 11.3 Å². The Morgan fingerprint density at radius 1 is 1.24 bits per heavy atom. The second kappa shape index (κ2) is 10.7. The van der Waals surface area contributed by atoms with Gasteiger partial charge in [0.1, 0.15) is 0 Å². The minimum atomic E-state index is -0.476. The average molecular weight is 413 g/mol. The van der Waals surface area contributed by atoms with E-state index < -0.39 is 5.82 Å². The number of carbonyl (C=O) groups is 1. The van der Waals surface area contributed by atoms with E-state index in [9.17, 15) is 9.18 Å². The van der Waals surface area contributed by atoms with Crippen LogP contribution in [0.1, 0.15) is 38.2 Å². The van der Waals surface area contributed by atoms with Gasteiger partial charge in [-0.1, -0.05) is 44.1 Å². The number of nitrogens with zero attached hydrogens (tertiary/aromatic N) is 1. The first-order chi connectivity index (χ1) is 14.2. The number of nitrogens with one attached hydrogen (secondary N) is 1. The number of hydrogen-bond acceptors (Lipinski definition) is 4. The van der Waals surface area contributed by atoms with Crippen molar-refractivity contribution in [2.45, 2.75) is 39.0 Å². The number of thiazole rings is 1. The van der Waals surface area contributed by atoms with E-state index in [0.717, 1.165) is 23.1 Å². The fourth-order valence-electron chi connectivity index (χ4n) is 2.91. The zero-order valence-corrected chi connectivity index (χ0v) is 17.3. The molecule has 2 aromatic carbocycles. The molecule has 1 amide bonds. The SMILES string of the molecule is CCCC/C=C/CCOc1cccc(CC(=O)Nc2ccc3ncsc3c2)c1F. The Kier molecular flexibility index (Phi) is 7.76. The molecule has 1 N–H and O–H groups in total. The third-order valence-corrected chi connectivity index (χ3v) is 5.23. The van der Waals surface area contributed by atoms with Crippen molar-refractivity contribution in [3.8, 4) is 5.75 Å². The summed E-state index contributed by atoms with van der Waals surface area (Å²) < 4.78 is 21.2. The van der Waals surface area contributed by atoms with Crippen molar-refractivity contribution in [1.29, 1.82) is 0 Å². The van der Waals surface area contributed by atoms with Crippen LogP contribution in [0.5, 0.6) is 5.75 Å². The van der Waals surface area contributed by atoms with Gasteiger partial charge in [-0.05, 0) is 37.1 Å². The summed E-state index contributed by atoms with van der Waals surface area (Å²) in [5.74, 6) is -0.567. The highest BCUT2D eigenvalue weighted by Gasteiger charge is 2.13. The molecule has 1 aromatic heterocycles. The molecule has 0 bridgehead atoms. The number of benzene rings is 2. The lowest BCUT2D eigenvalue weighted by Crippen LogP contribution is -2.15. The van der Waals surface area contributed by atoms with Crippen molar-refractivity contribution in [2.24, 2.45) is 0 Å². The average Bonchev–Trinajstić information content (AvgIpc) is 3.17. The molecule has 0 saturated heterocycles. The lowest BCUT2D eigenvalue weighted by molar-refractivity contribution is -0.115. The van der Waals surface area contributed by atoms with Crippen molar-refractivity contribution in [3.05, 3.63) is 65.4 Å². The molecule has 0 aliphatic heterocycles. The fourth-order valence-corrected chi connectivity index (χ4v) is 3.63. The largest absolute Gasteiger partial charge is 0.490 e. The molecule has 0 spiro atoms. The first-order valence-electron chi connectivity index (χ1n) is 9.85. The van der Waals surface area contributed by atoms with E-state index in [1.54, 1.807) is 29.8 Å². The molecule has 4 nitrogen and oxygen atoms in total. The maximum absolute atomic E-state index is 14.7. The number of unbranched alkanes of at least 4 members (excludes halogenated alkanes) is 2. The number of amides is 1. The smallest absolute Gasteiger partial charge is 0.228 e. The lowest BCUT2D eigenvalue weighted by Gasteiger charge is -2.10. The van der Waals surface area contributed by atoms with Gasteiger partial charge < -0.3 is 10.1 Å². The van der Waals surface area contributed by atoms with E-state index in [1.807, 2.05) is 12.1 Å². The zero-order chi connectivity index (χ0) is 20.5. The molecule has 0 atom stereocenters. The van der Waals surface area contributed by atoms with Crippen molar-refractivity contribution >= 4 is 33.1 Å². The van der Waals surface area contributed by atoms with Crippen LogP contribution in [-0.4, -0.2) is 17.5 Å². The fraction of sp³-hybridized carbons (Fsp3) is 0.304. The molecular formula is C23H25FN2O2S. The number of allylic oxidation sites excluding steroid dienone is 1. The zero-order valence-electron chi connectivity index (χ0n) is 16.5. The Balaban J connectivity index is 1.54. The van der Waals surface area contributed by atoms with E-state index in [-0.39, 0.29) is 18.1 Å². The minimum absolute atomic E-state index is 0.0549. The predicted molar refractivity (Wildman–Crippen MR) is 117 cm³/mol. The molecule has 3 rings (SSSR count). The van der Waals surface area contributed by atoms with E-state index in [1.165, 1.54) is 24.2 Å². The van der Waals surface area contributed by atoms with Crippen LogP contribution < -0.4 is 10.1 Å². The van der Waals surface area contributed by atoms with E-state index in [4.69, 9.17) is 4.74 Å². The number of carbonyl (C=O) groups excluding carboxylic acids is 1. The molecule has 0 saturated carbocycles. The van der Waals surface area contributed by atoms with E-state index in [0.29, 0.717) is 17.9 Å². The highest BCUT2D eigenvalue weighted by Crippen LogP contribution is 2.23. The number of halogens is 1. The maximum atomic E-state index is 14.7. The molecular weight excluding hydrogens is 387 g/mol. The van der Waals surface area contributed by atoms with Crippen molar-refractivity contribution in [2.75, 3.05) is 11.9 Å². The number of rotatable bonds is 10. The summed E-state index contributed by atoms with van der Waals surface area (Å²) in [6.07, 6.45) is 8.28. The van der Waals surface area contributed by atoms with E-state index in [2.05, 4.69) is 29.4 Å². The minimum Gasteiger partial charge on any atom is -0.490 e. The van der Waals surface area contributed by atoms with Crippen LogP contribution in [0.3, 0.4) is 0 Å². The van der Waals surface area contributed by atoms with Gasteiger partial charge >= 0.3 is 0 Å². The monoisotopic (exact) mass is 412 g/mol. The van der Waals surface area contributed by atoms with Crippen molar-refractivity contribution < 1.29 is 13.9 Å². The molecule has 1 heterocycles. The normalized spacial score (nSPS) is 11.2. The number of aromatic nitrogens is 1. The van der Waals surface area contributed by atoms with E-state index >= 15 is 0 Å². The van der Waals surface area contributed by atoms with Gasteiger partial charge in [-0.2, -0.15) is 0 Å². The van der Waals surface area contributed by atoms with Gasteiger partial charge in [-0.3, -0.25) is 4.79 Å². The summed E-state index contributed by atoms with van der Waals surface area (Å²) >= 11 is 1.51. The lowest BCUT2D eigenvalue weighted by atomic mass is 10.1. The molecule has 3 aromatic rings. The first kappa shape index (κ1) is 21.0. The van der Waals surface area contributed by atoms with Gasteiger partial charge in [0.25, 0.3) is 0 Å². The van der Waals surface area contributed by atoms with Crippen LogP contribution in [0.2, 0.25) is 0 Å². The van der Waals surface area contributed by atoms with Crippen LogP contribution >= 0.6 is 11.3 Å². The Bertz CT molecular complexity index is 984. The summed E-state index contributed by atoms with van der Waals surface area (Å²) in [6, 6.07) is 10.4. The summed E-state index contributed by atoms with van der Waals surface area (Å²) in [5.41, 5.74) is 3.65. The van der Waals surface area contributed by atoms with Gasteiger partial charge in [0.15, 0.2) is 11.6 Å². The molecule has 29 heavy (non-hydrogen) atoms. The third-order valence-electron chi connectivity index (χ3n) is 4.44. The summed E-state index contributed by atoms with van der Waals surface area (Å²) in [5, 5.41) is 2.82. The van der Waals surface area contributed by atoms with Crippen LogP contribution in [0.4, 0.5) is 10.1 Å². The molecule has 6 heteroatoms. The maximum Gasteiger partial charge on any atom is 0.228 e. The summed E-state index contributed by atoms with van der Waals surface area (Å²) in [6.45, 7) is 2.57. The second-order valence-electron chi connectivity index (χ2n) is 6.74. The Morgan fingerprint density at radius 2 is 2.10 bits per heavy atom. The highest BCUT2D eigenvalue weighted by molar-refractivity contribution is 7.16. The Labute approximate surface area is 174 Å². The number of ether oxygens (including phenoxy) is 1. The Morgan fingerprint density at radius 3 is 2.97 bits per heavy atom. The van der Waals surface area contributed by atoms with Crippen LogP contribution in [0, 0.1) is 5.82 Å². The molecule has 0 unspecified atom stereocenters. The first-order valence-corrected chi connectivity index (χ1v) is 10.7. The topological polar surface area (TPSA) is 51.2 Å². The second-order valence-corrected chi connectivity index (χ2v) is 7.63. The predicted octanol–water partition coefficient (Wildman–Crippen LogP) is 6.13. The number of hydrogen-bond donors (Lipinski definition) is 1. The third kappa shape index (κ3) is 6.12. The quantitative estimate of drug-likeness (QED) is 0.322. The van der Waals surface area contributed by atoms with Gasteiger partial charge in [-0.25, -0.2) is 9.37 Å². The van der Waals surface area contributed by atoms with Crippen molar-refractivity contribution in [1.82, 2.24) is 4.98 Å². The molecule has 0 fully saturated rings. The molecule has 0 aliphatic rings. The molecule has 152 valence electrons. The van der Waals surface area contributed by atoms with Gasteiger partial charge in [0.2, 0.25) is 5.91 Å². The van der Waals surface area contributed by atoms with Crippen LogP contribution in [0.15, 0.2) is 54.1 Å². The summed E-state index contributed by atoms with van der Waals surface area (Å²) in [4.78, 5) is 16.6. The highest BCUT2D eigenvalue weighted by atomic mass is 32.1. The number of anilines is 1. The van der Waals surface area contributed by atoms with Crippen molar-refractivity contribution in [3.63, 3.8) is 0 Å². The Hall–Kier alpha value is -2.73. The standard InChI is InChI=1S/C23H25FN2O2S/c1-2-3-4-5-6-7-13-28-20-10-8-9-17(23(20)24)14-22(27)26-18-11-12-19-21(15-18)29-16-25-19/h5-6,8-12,15-16H,2-4,7,13-14H2,1H3,(H,26,27)/b6-5+. The van der Waals surface area contributed by atoms with Crippen LogP contribution in [-0.2, 0) is 11.2 Å². The number of fused-ring (bicyclic) bond motifs is 1. The van der Waals surface area contributed by atoms with Crippen LogP contribution in [0.25, 0.3) is 10.2 Å². The molecule has 0 aliphatic carbocycles. The van der Waals surface area contributed by atoms with Gasteiger partial charge in [-0.15, -0.1) is 11.3 Å².